The highest BCUT2D eigenvalue weighted by atomic mass is 127. The molecule has 2 aromatic carbocycles. The zero-order valence-electron chi connectivity index (χ0n) is 18.1. The standard InChI is InChI=1S/C23H31N3O3S.HI/c1-3-24-23(25-13-14-30(27,28)21-7-5-4-6-8-21)26-16-20-12-9-18(2)15-22(20)29-17-19-10-11-19;/h4-9,12,15,19H,3,10-11,13-14,16-17H2,1-2H3,(H2,24,25,26);1H. The minimum Gasteiger partial charge on any atom is -0.493 e. The number of guanidine groups is 1. The van der Waals surface area contributed by atoms with Gasteiger partial charge >= 0.3 is 0 Å². The summed E-state index contributed by atoms with van der Waals surface area (Å²) in [6.07, 6.45) is 2.50. The number of ether oxygens (including phenoxy) is 1. The molecule has 0 bridgehead atoms. The highest BCUT2D eigenvalue weighted by Gasteiger charge is 2.22. The van der Waals surface area contributed by atoms with Crippen molar-refractivity contribution in [2.45, 2.75) is 38.1 Å². The van der Waals surface area contributed by atoms with Crippen LogP contribution in [0.2, 0.25) is 0 Å². The first kappa shape index (κ1) is 25.5. The first-order chi connectivity index (χ1) is 14.5. The number of halogens is 1. The number of rotatable bonds is 10. The summed E-state index contributed by atoms with van der Waals surface area (Å²) in [6, 6.07) is 14.7. The van der Waals surface area contributed by atoms with Crippen LogP contribution < -0.4 is 15.4 Å². The van der Waals surface area contributed by atoms with E-state index in [1.807, 2.05) is 13.0 Å². The number of sulfone groups is 1. The van der Waals surface area contributed by atoms with Gasteiger partial charge in [0.1, 0.15) is 5.75 Å². The molecule has 8 heteroatoms. The Hall–Kier alpha value is -1.81. The van der Waals surface area contributed by atoms with E-state index in [0.717, 1.165) is 23.5 Å². The second kappa shape index (κ2) is 12.3. The van der Waals surface area contributed by atoms with Crippen LogP contribution in [-0.4, -0.2) is 39.8 Å². The number of aryl methyl sites for hydroxylation is 1. The smallest absolute Gasteiger partial charge is 0.191 e. The Morgan fingerprint density at radius 1 is 1.13 bits per heavy atom. The maximum Gasteiger partial charge on any atom is 0.191 e. The van der Waals surface area contributed by atoms with Crippen molar-refractivity contribution in [3.05, 3.63) is 59.7 Å². The lowest BCUT2D eigenvalue weighted by atomic mass is 10.1. The normalized spacial score (nSPS) is 13.9. The molecule has 0 heterocycles. The molecule has 2 N–H and O–H groups in total. The summed E-state index contributed by atoms with van der Waals surface area (Å²) >= 11 is 0. The molecule has 0 radical (unpaired) electrons. The third-order valence-corrected chi connectivity index (χ3v) is 6.64. The van der Waals surface area contributed by atoms with E-state index in [9.17, 15) is 8.42 Å². The van der Waals surface area contributed by atoms with Crippen molar-refractivity contribution >= 4 is 39.8 Å². The molecular weight excluding hydrogens is 525 g/mol. The maximum absolute atomic E-state index is 12.4. The molecule has 6 nitrogen and oxygen atoms in total. The Balaban J connectivity index is 0.00000341. The lowest BCUT2D eigenvalue weighted by Crippen LogP contribution is -2.39. The predicted molar refractivity (Wildman–Crippen MR) is 136 cm³/mol. The van der Waals surface area contributed by atoms with Crippen LogP contribution in [0.5, 0.6) is 5.75 Å². The third kappa shape index (κ3) is 8.33. The first-order valence-electron chi connectivity index (χ1n) is 10.5. The fourth-order valence-electron chi connectivity index (χ4n) is 2.97. The molecule has 0 unspecified atom stereocenters. The van der Waals surface area contributed by atoms with Gasteiger partial charge in [-0.05, 0) is 56.4 Å². The van der Waals surface area contributed by atoms with Crippen LogP contribution in [0.1, 0.15) is 30.9 Å². The van der Waals surface area contributed by atoms with Crippen molar-refractivity contribution in [3.8, 4) is 5.75 Å². The van der Waals surface area contributed by atoms with Gasteiger partial charge in [0, 0.05) is 18.7 Å². The number of aliphatic imine (C=N–C) groups is 1. The van der Waals surface area contributed by atoms with Gasteiger partial charge in [-0.25, -0.2) is 13.4 Å². The second-order valence-electron chi connectivity index (χ2n) is 7.62. The molecule has 0 atom stereocenters. The zero-order chi connectivity index (χ0) is 21.4. The van der Waals surface area contributed by atoms with E-state index in [1.54, 1.807) is 30.3 Å². The summed E-state index contributed by atoms with van der Waals surface area (Å²) in [5, 5.41) is 6.30. The quantitative estimate of drug-likeness (QED) is 0.263. The molecule has 1 aliphatic rings. The van der Waals surface area contributed by atoms with Gasteiger partial charge in [0.05, 0.1) is 23.8 Å². The van der Waals surface area contributed by atoms with E-state index in [4.69, 9.17) is 4.74 Å². The van der Waals surface area contributed by atoms with Crippen LogP contribution >= 0.6 is 24.0 Å². The molecule has 0 spiro atoms. The number of nitrogens with zero attached hydrogens (tertiary/aromatic N) is 1. The zero-order valence-corrected chi connectivity index (χ0v) is 21.3. The number of hydrogen-bond donors (Lipinski definition) is 2. The average Bonchev–Trinajstić information content (AvgIpc) is 3.56. The van der Waals surface area contributed by atoms with Crippen LogP contribution in [0.4, 0.5) is 0 Å². The van der Waals surface area contributed by atoms with Gasteiger partial charge in [0.15, 0.2) is 15.8 Å². The van der Waals surface area contributed by atoms with E-state index >= 15 is 0 Å². The van der Waals surface area contributed by atoms with E-state index in [1.165, 1.54) is 12.8 Å². The Kier molecular flexibility index (Phi) is 10.1. The SMILES string of the molecule is CCNC(=NCc1ccc(C)cc1OCC1CC1)NCCS(=O)(=O)c1ccccc1.I. The minimum atomic E-state index is -3.32. The van der Waals surface area contributed by atoms with Crippen molar-refractivity contribution in [2.75, 3.05) is 25.4 Å². The van der Waals surface area contributed by atoms with Crippen LogP contribution in [-0.2, 0) is 16.4 Å². The van der Waals surface area contributed by atoms with E-state index in [0.29, 0.717) is 29.9 Å². The summed E-state index contributed by atoms with van der Waals surface area (Å²) in [5.41, 5.74) is 2.18. The van der Waals surface area contributed by atoms with Gasteiger partial charge in [0.2, 0.25) is 0 Å². The van der Waals surface area contributed by atoms with E-state index < -0.39 is 9.84 Å². The van der Waals surface area contributed by atoms with Gasteiger partial charge < -0.3 is 15.4 Å². The highest BCUT2D eigenvalue weighted by Crippen LogP contribution is 2.30. The van der Waals surface area contributed by atoms with Crippen LogP contribution in [0.15, 0.2) is 58.4 Å². The molecule has 0 saturated heterocycles. The molecule has 0 amide bonds. The summed E-state index contributed by atoms with van der Waals surface area (Å²) in [7, 11) is -3.32. The maximum atomic E-state index is 12.4. The van der Waals surface area contributed by atoms with Gasteiger partial charge in [-0.3, -0.25) is 0 Å². The molecule has 1 aliphatic carbocycles. The molecule has 0 aliphatic heterocycles. The fourth-order valence-corrected chi connectivity index (χ4v) is 4.15. The summed E-state index contributed by atoms with van der Waals surface area (Å²) in [4.78, 5) is 4.97. The van der Waals surface area contributed by atoms with Crippen molar-refractivity contribution in [1.82, 2.24) is 10.6 Å². The lowest BCUT2D eigenvalue weighted by Gasteiger charge is -2.14. The topological polar surface area (TPSA) is 79.8 Å². The summed E-state index contributed by atoms with van der Waals surface area (Å²) < 4.78 is 30.9. The summed E-state index contributed by atoms with van der Waals surface area (Å²) in [6.45, 7) is 6.22. The molecular formula is C23H32IN3O3S. The van der Waals surface area contributed by atoms with Gasteiger partial charge in [0.25, 0.3) is 0 Å². The monoisotopic (exact) mass is 557 g/mol. The average molecular weight is 557 g/mol. The molecule has 170 valence electrons. The van der Waals surface area contributed by atoms with Crippen molar-refractivity contribution in [3.63, 3.8) is 0 Å². The van der Waals surface area contributed by atoms with Crippen LogP contribution in [0, 0.1) is 12.8 Å². The number of nitrogens with one attached hydrogen (secondary N) is 2. The minimum absolute atomic E-state index is 0. The Morgan fingerprint density at radius 2 is 1.87 bits per heavy atom. The molecule has 0 aromatic heterocycles. The first-order valence-corrected chi connectivity index (χ1v) is 12.2. The van der Waals surface area contributed by atoms with Crippen molar-refractivity contribution in [2.24, 2.45) is 10.9 Å². The number of hydrogen-bond acceptors (Lipinski definition) is 4. The molecule has 1 fully saturated rings. The summed E-state index contributed by atoms with van der Waals surface area (Å²) in [5.74, 6) is 2.16. The lowest BCUT2D eigenvalue weighted by molar-refractivity contribution is 0.296. The van der Waals surface area contributed by atoms with Crippen LogP contribution in [0.25, 0.3) is 0 Å². The van der Waals surface area contributed by atoms with Gasteiger partial charge in [-0.15, -0.1) is 24.0 Å². The molecule has 31 heavy (non-hydrogen) atoms. The molecule has 1 saturated carbocycles. The largest absolute Gasteiger partial charge is 0.493 e. The van der Waals surface area contributed by atoms with Gasteiger partial charge in [-0.2, -0.15) is 0 Å². The van der Waals surface area contributed by atoms with Gasteiger partial charge in [-0.1, -0.05) is 30.3 Å². The van der Waals surface area contributed by atoms with Crippen molar-refractivity contribution in [1.29, 1.82) is 0 Å². The Labute approximate surface area is 202 Å². The second-order valence-corrected chi connectivity index (χ2v) is 9.73. The Bertz CT molecular complexity index is 961. The predicted octanol–water partition coefficient (Wildman–Crippen LogP) is 3.93. The molecule has 3 rings (SSSR count). The highest BCUT2D eigenvalue weighted by molar-refractivity contribution is 14.0. The third-order valence-electron chi connectivity index (χ3n) is 4.91. The van der Waals surface area contributed by atoms with E-state index in [2.05, 4.69) is 34.7 Å². The molecule has 2 aromatic rings. The van der Waals surface area contributed by atoms with E-state index in [-0.39, 0.29) is 36.3 Å². The fraction of sp³-hybridized carbons (Fsp3) is 0.435. The van der Waals surface area contributed by atoms with Crippen LogP contribution in [0.3, 0.4) is 0 Å². The van der Waals surface area contributed by atoms with Crippen molar-refractivity contribution < 1.29 is 13.2 Å². The number of benzene rings is 2. The Morgan fingerprint density at radius 3 is 2.55 bits per heavy atom.